The van der Waals surface area contributed by atoms with Gasteiger partial charge in [0.2, 0.25) is 6.35 Å². The van der Waals surface area contributed by atoms with Gasteiger partial charge in [0, 0.05) is 6.20 Å². The number of rotatable bonds is 5. The third-order valence-electron chi connectivity index (χ3n) is 4.09. The summed E-state index contributed by atoms with van der Waals surface area (Å²) in [6, 6.07) is -1.00. The minimum Gasteiger partial charge on any atom is -0.458 e. The number of nitrogens with zero attached hydrogens (tertiary/aromatic N) is 1. The lowest BCUT2D eigenvalue weighted by Crippen LogP contribution is -2.56. The fourth-order valence-corrected chi connectivity index (χ4v) is 2.55. The summed E-state index contributed by atoms with van der Waals surface area (Å²) in [5.74, 6) is -4.91. The Morgan fingerprint density at radius 2 is 2.15 bits per heavy atom. The number of esters is 1. The molecule has 2 aliphatic rings. The second kappa shape index (κ2) is 7.62. The SMILES string of the molecule is CC(C)[C@H](N)C(=O)OC[C@@]1(F)O[C@@H](N2C=C(Cl)C(=O)NC2O)[C@H](O)[C@@H]1O. The highest BCUT2D eigenvalue weighted by atomic mass is 35.5. The second-order valence-corrected chi connectivity index (χ2v) is 6.79. The first-order valence-corrected chi connectivity index (χ1v) is 8.14. The first-order chi connectivity index (χ1) is 12.0. The van der Waals surface area contributed by atoms with Crippen molar-refractivity contribution < 1.29 is 38.8 Å². The maximum absolute atomic E-state index is 14.9. The van der Waals surface area contributed by atoms with Gasteiger partial charge in [-0.15, -0.1) is 0 Å². The zero-order valence-electron chi connectivity index (χ0n) is 14.0. The summed E-state index contributed by atoms with van der Waals surface area (Å²) in [5, 5.41) is 31.5. The normalized spacial score (nSPS) is 36.0. The summed E-state index contributed by atoms with van der Waals surface area (Å²) in [5.41, 5.74) is 5.59. The summed E-state index contributed by atoms with van der Waals surface area (Å²) < 4.78 is 24.6. The first kappa shape index (κ1) is 20.8. The van der Waals surface area contributed by atoms with Crippen molar-refractivity contribution in [2.24, 2.45) is 11.7 Å². The van der Waals surface area contributed by atoms with Crippen molar-refractivity contribution >= 4 is 23.5 Å². The average Bonchev–Trinajstić information content (AvgIpc) is 2.80. The third-order valence-corrected chi connectivity index (χ3v) is 4.36. The van der Waals surface area contributed by atoms with Crippen LogP contribution in [0.1, 0.15) is 13.8 Å². The van der Waals surface area contributed by atoms with E-state index in [0.717, 1.165) is 11.1 Å². The van der Waals surface area contributed by atoms with Gasteiger partial charge >= 0.3 is 5.97 Å². The number of nitrogens with two attached hydrogens (primary N) is 1. The highest BCUT2D eigenvalue weighted by Crippen LogP contribution is 2.36. The molecule has 12 heteroatoms. The molecule has 1 fully saturated rings. The van der Waals surface area contributed by atoms with E-state index in [0.29, 0.717) is 0 Å². The molecule has 26 heavy (non-hydrogen) atoms. The van der Waals surface area contributed by atoms with E-state index in [1.54, 1.807) is 13.8 Å². The Bertz CT molecular complexity index is 607. The van der Waals surface area contributed by atoms with Crippen LogP contribution >= 0.6 is 11.6 Å². The van der Waals surface area contributed by atoms with Crippen LogP contribution < -0.4 is 11.1 Å². The maximum atomic E-state index is 14.9. The molecule has 2 aliphatic heterocycles. The lowest BCUT2D eigenvalue weighted by atomic mass is 10.1. The smallest absolute Gasteiger partial charge is 0.323 e. The Kier molecular flexibility index (Phi) is 6.10. The van der Waals surface area contributed by atoms with E-state index in [1.807, 2.05) is 5.32 Å². The van der Waals surface area contributed by atoms with Crippen LogP contribution in [-0.4, -0.2) is 75.4 Å². The lowest BCUT2D eigenvalue weighted by molar-refractivity contribution is -0.233. The van der Waals surface area contributed by atoms with Crippen LogP contribution in [0.5, 0.6) is 0 Å². The van der Waals surface area contributed by atoms with Crippen molar-refractivity contribution in [2.75, 3.05) is 6.61 Å². The van der Waals surface area contributed by atoms with E-state index in [4.69, 9.17) is 26.8 Å². The van der Waals surface area contributed by atoms with E-state index >= 15 is 0 Å². The molecule has 0 aromatic rings. The number of amides is 1. The molecule has 0 spiro atoms. The van der Waals surface area contributed by atoms with Gasteiger partial charge in [-0.2, -0.15) is 0 Å². The lowest BCUT2D eigenvalue weighted by Gasteiger charge is -2.36. The fraction of sp³-hybridized carbons (Fsp3) is 0.714. The molecular formula is C14H21ClFN3O7. The zero-order valence-corrected chi connectivity index (χ0v) is 14.8. The van der Waals surface area contributed by atoms with Gasteiger partial charge < -0.3 is 40.7 Å². The van der Waals surface area contributed by atoms with E-state index in [9.17, 15) is 29.3 Å². The predicted molar refractivity (Wildman–Crippen MR) is 84.4 cm³/mol. The van der Waals surface area contributed by atoms with Crippen LogP contribution in [0.25, 0.3) is 0 Å². The van der Waals surface area contributed by atoms with Crippen LogP contribution in [0, 0.1) is 5.92 Å². The molecule has 1 saturated heterocycles. The number of hydrogen-bond donors (Lipinski definition) is 5. The van der Waals surface area contributed by atoms with Gasteiger partial charge in [-0.1, -0.05) is 25.4 Å². The Morgan fingerprint density at radius 3 is 2.73 bits per heavy atom. The molecule has 0 aromatic heterocycles. The molecule has 0 bridgehead atoms. The van der Waals surface area contributed by atoms with Gasteiger partial charge in [-0.05, 0) is 5.92 Å². The van der Waals surface area contributed by atoms with E-state index < -0.39 is 55.2 Å². The van der Waals surface area contributed by atoms with Gasteiger partial charge in [-0.3, -0.25) is 9.59 Å². The minimum absolute atomic E-state index is 0.259. The van der Waals surface area contributed by atoms with Crippen molar-refractivity contribution in [3.8, 4) is 0 Å². The Morgan fingerprint density at radius 1 is 1.54 bits per heavy atom. The minimum atomic E-state index is -2.96. The fourth-order valence-electron chi connectivity index (χ4n) is 2.38. The molecule has 6 N–H and O–H groups in total. The van der Waals surface area contributed by atoms with Crippen LogP contribution in [0.2, 0.25) is 0 Å². The summed E-state index contributed by atoms with van der Waals surface area (Å²) in [7, 11) is 0. The van der Waals surface area contributed by atoms with E-state index in [-0.39, 0.29) is 11.0 Å². The predicted octanol–water partition coefficient (Wildman–Crippen LogP) is -1.96. The third kappa shape index (κ3) is 3.92. The summed E-state index contributed by atoms with van der Waals surface area (Å²) in [6.45, 7) is 2.30. The van der Waals surface area contributed by atoms with Crippen LogP contribution in [-0.2, 0) is 19.1 Å². The topological polar surface area (TPSA) is 155 Å². The molecule has 0 saturated carbocycles. The molecule has 0 aliphatic carbocycles. The number of aliphatic hydroxyl groups excluding tert-OH is 3. The average molecular weight is 398 g/mol. The summed E-state index contributed by atoms with van der Waals surface area (Å²) in [4.78, 5) is 23.9. The first-order valence-electron chi connectivity index (χ1n) is 7.76. The Hall–Kier alpha value is -1.50. The monoisotopic (exact) mass is 397 g/mol. The Labute approximate surface area is 153 Å². The van der Waals surface area contributed by atoms with Crippen molar-refractivity contribution in [2.45, 2.75) is 50.5 Å². The Balaban J connectivity index is 2.11. The number of halogens is 2. The zero-order chi connectivity index (χ0) is 19.8. The number of hydrogen-bond acceptors (Lipinski definition) is 9. The van der Waals surface area contributed by atoms with Crippen LogP contribution in [0.15, 0.2) is 11.2 Å². The molecule has 10 nitrogen and oxygen atoms in total. The van der Waals surface area contributed by atoms with Crippen molar-refractivity contribution in [1.82, 2.24) is 10.2 Å². The molecule has 0 aromatic carbocycles. The quantitative estimate of drug-likeness (QED) is 0.333. The molecule has 148 valence electrons. The van der Waals surface area contributed by atoms with Crippen molar-refractivity contribution in [3.63, 3.8) is 0 Å². The van der Waals surface area contributed by atoms with Crippen molar-refractivity contribution in [3.05, 3.63) is 11.2 Å². The standard InChI is InChI=1S/C14H21ClFN3O7/c1-5(2)7(17)12(23)25-4-14(16)9(21)8(20)11(26-14)19-3-6(15)10(22)18-13(19)24/h3,5,7-9,11,13,20-21,24H,4,17H2,1-2H3,(H,18,22)/t7-,8+,9-,11+,13?,14+/m0/s1. The molecular weight excluding hydrogens is 377 g/mol. The van der Waals surface area contributed by atoms with E-state index in [1.165, 1.54) is 0 Å². The highest BCUT2D eigenvalue weighted by molar-refractivity contribution is 6.42. The number of aliphatic hydroxyl groups is 3. The highest BCUT2D eigenvalue weighted by Gasteiger charge is 2.58. The van der Waals surface area contributed by atoms with Crippen molar-refractivity contribution in [1.29, 1.82) is 0 Å². The van der Waals surface area contributed by atoms with Crippen LogP contribution in [0.3, 0.4) is 0 Å². The molecule has 1 unspecified atom stereocenters. The van der Waals surface area contributed by atoms with Gasteiger partial charge in [0.1, 0.15) is 23.3 Å². The molecule has 6 atom stereocenters. The van der Waals surface area contributed by atoms with Gasteiger partial charge in [0.25, 0.3) is 11.8 Å². The van der Waals surface area contributed by atoms with Gasteiger partial charge in [0.05, 0.1) is 0 Å². The molecule has 2 heterocycles. The number of carbonyl (C=O) groups is 2. The molecule has 1 amide bonds. The number of ether oxygens (including phenoxy) is 2. The van der Waals surface area contributed by atoms with E-state index in [2.05, 4.69) is 0 Å². The number of carbonyl (C=O) groups excluding carboxylic acids is 2. The second-order valence-electron chi connectivity index (χ2n) is 6.38. The molecule has 2 rings (SSSR count). The maximum Gasteiger partial charge on any atom is 0.323 e. The van der Waals surface area contributed by atoms with Gasteiger partial charge in [-0.25, -0.2) is 4.39 Å². The number of alkyl halides is 1. The summed E-state index contributed by atoms with van der Waals surface area (Å²) in [6.07, 6.45) is -6.32. The van der Waals surface area contributed by atoms with Gasteiger partial charge in [0.15, 0.2) is 12.8 Å². The summed E-state index contributed by atoms with van der Waals surface area (Å²) >= 11 is 5.65. The molecule has 0 radical (unpaired) electrons. The number of nitrogens with one attached hydrogen (secondary N) is 1. The largest absolute Gasteiger partial charge is 0.458 e. The van der Waals surface area contributed by atoms with Crippen LogP contribution in [0.4, 0.5) is 4.39 Å².